The van der Waals surface area contributed by atoms with Crippen LogP contribution < -0.4 is 5.73 Å². The van der Waals surface area contributed by atoms with E-state index in [1.54, 1.807) is 11.3 Å². The number of aromatic nitrogens is 2. The standard InChI is InChI=1S/C14H15N3S/c1-9-4-3-5-12-13(9)17(14(15)16-12)10(2)11-6-7-18-8-11/h3-8,10H,1-2H3,(H2,15,16). The maximum absolute atomic E-state index is 6.08. The highest BCUT2D eigenvalue weighted by Gasteiger charge is 2.16. The van der Waals surface area contributed by atoms with Gasteiger partial charge >= 0.3 is 0 Å². The predicted molar refractivity (Wildman–Crippen MR) is 77.0 cm³/mol. The Morgan fingerprint density at radius 3 is 2.89 bits per heavy atom. The van der Waals surface area contributed by atoms with Crippen LogP contribution in [-0.2, 0) is 0 Å². The molecule has 0 spiro atoms. The van der Waals surface area contributed by atoms with Crippen LogP contribution in [0.15, 0.2) is 35.0 Å². The lowest BCUT2D eigenvalue weighted by Crippen LogP contribution is -2.09. The molecule has 0 bridgehead atoms. The summed E-state index contributed by atoms with van der Waals surface area (Å²) in [6, 6.07) is 8.47. The molecule has 0 fully saturated rings. The third kappa shape index (κ3) is 1.61. The highest BCUT2D eigenvalue weighted by atomic mass is 32.1. The number of anilines is 1. The minimum Gasteiger partial charge on any atom is -0.369 e. The monoisotopic (exact) mass is 257 g/mol. The molecule has 0 saturated carbocycles. The average Bonchev–Trinajstić information content (AvgIpc) is 2.95. The number of imidazole rings is 1. The van der Waals surface area contributed by atoms with Crippen molar-refractivity contribution >= 4 is 28.3 Å². The summed E-state index contributed by atoms with van der Waals surface area (Å²) in [4.78, 5) is 4.45. The molecular weight excluding hydrogens is 242 g/mol. The minimum atomic E-state index is 0.211. The summed E-state index contributed by atoms with van der Waals surface area (Å²) >= 11 is 1.71. The van der Waals surface area contributed by atoms with Crippen molar-refractivity contribution in [3.8, 4) is 0 Å². The van der Waals surface area contributed by atoms with E-state index < -0.39 is 0 Å². The van der Waals surface area contributed by atoms with Crippen LogP contribution in [0.2, 0.25) is 0 Å². The van der Waals surface area contributed by atoms with Gasteiger partial charge in [0.1, 0.15) is 0 Å². The normalized spacial score (nSPS) is 13.0. The van der Waals surface area contributed by atoms with Crippen molar-refractivity contribution in [2.24, 2.45) is 0 Å². The zero-order chi connectivity index (χ0) is 12.7. The average molecular weight is 257 g/mol. The summed E-state index contributed by atoms with van der Waals surface area (Å²) in [5.41, 5.74) is 10.7. The molecule has 3 rings (SSSR count). The Hall–Kier alpha value is -1.81. The molecule has 1 atom stereocenters. The lowest BCUT2D eigenvalue weighted by molar-refractivity contribution is 0.669. The second-order valence-electron chi connectivity index (χ2n) is 4.52. The molecule has 92 valence electrons. The highest BCUT2D eigenvalue weighted by Crippen LogP contribution is 2.29. The first kappa shape index (κ1) is 11.3. The molecule has 18 heavy (non-hydrogen) atoms. The second kappa shape index (κ2) is 4.14. The quantitative estimate of drug-likeness (QED) is 0.762. The summed E-state index contributed by atoms with van der Waals surface area (Å²) in [5, 5.41) is 4.25. The van der Waals surface area contributed by atoms with E-state index in [1.165, 1.54) is 11.1 Å². The SMILES string of the molecule is Cc1cccc2nc(N)n(C(C)c3ccsc3)c12. The smallest absolute Gasteiger partial charge is 0.201 e. The number of thiophene rings is 1. The predicted octanol–water partition coefficient (Wildman–Crippen LogP) is 3.60. The zero-order valence-corrected chi connectivity index (χ0v) is 11.2. The van der Waals surface area contributed by atoms with Crippen molar-refractivity contribution in [1.82, 2.24) is 9.55 Å². The Kier molecular flexibility index (Phi) is 2.59. The van der Waals surface area contributed by atoms with Crippen LogP contribution in [0.3, 0.4) is 0 Å². The van der Waals surface area contributed by atoms with E-state index in [-0.39, 0.29) is 6.04 Å². The summed E-state index contributed by atoms with van der Waals surface area (Å²) in [7, 11) is 0. The number of benzene rings is 1. The molecule has 3 nitrogen and oxygen atoms in total. The third-order valence-electron chi connectivity index (χ3n) is 3.35. The molecular formula is C14H15N3S. The number of nitrogens with zero attached hydrogens (tertiary/aromatic N) is 2. The molecule has 2 heterocycles. The van der Waals surface area contributed by atoms with Crippen molar-refractivity contribution < 1.29 is 0 Å². The van der Waals surface area contributed by atoms with Crippen LogP contribution >= 0.6 is 11.3 Å². The molecule has 4 heteroatoms. The van der Waals surface area contributed by atoms with E-state index in [1.807, 2.05) is 12.1 Å². The van der Waals surface area contributed by atoms with Crippen LogP contribution in [-0.4, -0.2) is 9.55 Å². The van der Waals surface area contributed by atoms with Crippen LogP contribution in [0.1, 0.15) is 24.1 Å². The van der Waals surface area contributed by atoms with Crippen LogP contribution in [0.5, 0.6) is 0 Å². The molecule has 0 aliphatic carbocycles. The first-order valence-electron chi connectivity index (χ1n) is 5.93. The number of fused-ring (bicyclic) bond motifs is 1. The van der Waals surface area contributed by atoms with Crippen molar-refractivity contribution in [2.45, 2.75) is 19.9 Å². The fourth-order valence-electron chi connectivity index (χ4n) is 2.39. The lowest BCUT2D eigenvalue weighted by atomic mass is 10.1. The Bertz CT molecular complexity index is 682. The number of rotatable bonds is 2. The number of nitrogen functional groups attached to an aromatic ring is 1. The zero-order valence-electron chi connectivity index (χ0n) is 10.4. The van der Waals surface area contributed by atoms with Crippen LogP contribution in [0.25, 0.3) is 11.0 Å². The molecule has 2 N–H and O–H groups in total. The van der Waals surface area contributed by atoms with E-state index >= 15 is 0 Å². The first-order chi connectivity index (χ1) is 8.68. The Labute approximate surface area is 110 Å². The minimum absolute atomic E-state index is 0.211. The Morgan fingerprint density at radius 1 is 1.33 bits per heavy atom. The highest BCUT2D eigenvalue weighted by molar-refractivity contribution is 7.07. The van der Waals surface area contributed by atoms with Gasteiger partial charge in [-0.25, -0.2) is 4.98 Å². The number of aryl methyl sites for hydroxylation is 1. The number of hydrogen-bond donors (Lipinski definition) is 1. The van der Waals surface area contributed by atoms with E-state index in [0.717, 1.165) is 11.0 Å². The van der Waals surface area contributed by atoms with Crippen molar-refractivity contribution in [1.29, 1.82) is 0 Å². The van der Waals surface area contributed by atoms with Gasteiger partial charge in [-0.2, -0.15) is 11.3 Å². The molecule has 2 aromatic heterocycles. The Balaban J connectivity index is 2.25. The van der Waals surface area contributed by atoms with Crippen molar-refractivity contribution in [2.75, 3.05) is 5.73 Å². The maximum Gasteiger partial charge on any atom is 0.201 e. The van der Waals surface area contributed by atoms with Gasteiger partial charge in [-0.05, 0) is 47.9 Å². The summed E-state index contributed by atoms with van der Waals surface area (Å²) in [6.45, 7) is 4.26. The number of para-hydroxylation sites is 1. The van der Waals surface area contributed by atoms with Gasteiger partial charge < -0.3 is 10.3 Å². The molecule has 0 aliphatic rings. The number of nitrogens with two attached hydrogens (primary N) is 1. The van der Waals surface area contributed by atoms with Gasteiger partial charge in [-0.1, -0.05) is 12.1 Å². The molecule has 0 amide bonds. The van der Waals surface area contributed by atoms with E-state index in [0.29, 0.717) is 5.95 Å². The number of hydrogen-bond acceptors (Lipinski definition) is 3. The topological polar surface area (TPSA) is 43.8 Å². The lowest BCUT2D eigenvalue weighted by Gasteiger charge is -2.15. The molecule has 1 aromatic carbocycles. The summed E-state index contributed by atoms with van der Waals surface area (Å²) in [5.74, 6) is 0.581. The van der Waals surface area contributed by atoms with Crippen molar-refractivity contribution in [3.63, 3.8) is 0 Å². The first-order valence-corrected chi connectivity index (χ1v) is 6.88. The van der Waals surface area contributed by atoms with E-state index in [4.69, 9.17) is 5.73 Å². The molecule has 0 radical (unpaired) electrons. The van der Waals surface area contributed by atoms with Gasteiger partial charge in [0.05, 0.1) is 17.1 Å². The van der Waals surface area contributed by atoms with E-state index in [2.05, 4.69) is 46.3 Å². The van der Waals surface area contributed by atoms with Gasteiger partial charge in [-0.15, -0.1) is 0 Å². The summed E-state index contributed by atoms with van der Waals surface area (Å²) < 4.78 is 2.12. The molecule has 1 unspecified atom stereocenters. The Morgan fingerprint density at radius 2 is 2.17 bits per heavy atom. The van der Waals surface area contributed by atoms with Gasteiger partial charge in [0.2, 0.25) is 5.95 Å². The molecule has 0 saturated heterocycles. The largest absolute Gasteiger partial charge is 0.369 e. The fraction of sp³-hybridized carbons (Fsp3) is 0.214. The molecule has 0 aliphatic heterocycles. The van der Waals surface area contributed by atoms with Crippen molar-refractivity contribution in [3.05, 3.63) is 46.2 Å². The van der Waals surface area contributed by atoms with Gasteiger partial charge in [0, 0.05) is 0 Å². The van der Waals surface area contributed by atoms with Gasteiger partial charge in [-0.3, -0.25) is 0 Å². The van der Waals surface area contributed by atoms with E-state index in [9.17, 15) is 0 Å². The van der Waals surface area contributed by atoms with Crippen LogP contribution in [0.4, 0.5) is 5.95 Å². The third-order valence-corrected chi connectivity index (χ3v) is 4.05. The second-order valence-corrected chi connectivity index (χ2v) is 5.30. The molecule has 3 aromatic rings. The maximum atomic E-state index is 6.08. The summed E-state index contributed by atoms with van der Waals surface area (Å²) in [6.07, 6.45) is 0. The van der Waals surface area contributed by atoms with Gasteiger partial charge in [0.15, 0.2) is 0 Å². The van der Waals surface area contributed by atoms with Gasteiger partial charge in [0.25, 0.3) is 0 Å². The van der Waals surface area contributed by atoms with Crippen LogP contribution in [0, 0.1) is 6.92 Å². The fourth-order valence-corrected chi connectivity index (χ4v) is 3.14.